The van der Waals surface area contributed by atoms with E-state index in [2.05, 4.69) is 5.32 Å². The van der Waals surface area contributed by atoms with E-state index in [-0.39, 0.29) is 24.7 Å². The molecule has 0 fully saturated rings. The van der Waals surface area contributed by atoms with E-state index in [1.54, 1.807) is 6.07 Å². The molecule has 0 saturated heterocycles. The highest BCUT2D eigenvalue weighted by Crippen LogP contribution is 2.41. The summed E-state index contributed by atoms with van der Waals surface area (Å²) in [6.45, 7) is 3.76. The topological polar surface area (TPSA) is 73.9 Å². The van der Waals surface area contributed by atoms with Gasteiger partial charge < -0.3 is 19.5 Å². The van der Waals surface area contributed by atoms with Crippen LogP contribution in [-0.4, -0.2) is 30.7 Å². The number of amides is 1. The summed E-state index contributed by atoms with van der Waals surface area (Å²) < 4.78 is 16.4. The van der Waals surface area contributed by atoms with Crippen molar-refractivity contribution in [2.24, 2.45) is 0 Å². The molecule has 2 aromatic rings. The fourth-order valence-electron chi connectivity index (χ4n) is 2.87. The maximum Gasteiger partial charge on any atom is 0.344 e. The average Bonchev–Trinajstić information content (AvgIpc) is 2.98. The molecule has 1 heterocycles. The van der Waals surface area contributed by atoms with Crippen LogP contribution in [-0.2, 0) is 27.3 Å². The second kappa shape index (κ2) is 8.12. The van der Waals surface area contributed by atoms with Crippen molar-refractivity contribution in [3.63, 3.8) is 0 Å². The minimum Gasteiger partial charge on any atom is -0.483 e. The Morgan fingerprint density at radius 3 is 2.63 bits per heavy atom. The van der Waals surface area contributed by atoms with E-state index in [0.29, 0.717) is 18.0 Å². The van der Waals surface area contributed by atoms with Crippen LogP contribution in [0.25, 0.3) is 0 Å². The van der Waals surface area contributed by atoms with Gasteiger partial charge in [-0.25, -0.2) is 4.79 Å². The van der Waals surface area contributed by atoms with E-state index in [1.165, 1.54) is 0 Å². The highest BCUT2D eigenvalue weighted by Gasteiger charge is 2.32. The molecule has 0 atom stereocenters. The number of ether oxygens (including phenoxy) is 3. The van der Waals surface area contributed by atoms with Gasteiger partial charge in [0.05, 0.1) is 0 Å². The molecule has 0 radical (unpaired) electrons. The Bertz CT molecular complexity index is 817. The molecule has 6 heteroatoms. The van der Waals surface area contributed by atoms with Gasteiger partial charge in [0.15, 0.2) is 24.7 Å². The van der Waals surface area contributed by atoms with Gasteiger partial charge in [0, 0.05) is 18.5 Å². The van der Waals surface area contributed by atoms with Crippen LogP contribution in [0.4, 0.5) is 0 Å². The molecule has 0 aromatic heterocycles. The van der Waals surface area contributed by atoms with E-state index in [0.717, 1.165) is 17.5 Å². The van der Waals surface area contributed by atoms with Crippen LogP contribution >= 0.6 is 0 Å². The average molecular weight is 369 g/mol. The standard InChI is InChI=1S/C21H23NO5/c1-21(2)11-16-9-6-10-17(20(16)27-21)25-14-19(24)26-13-18(23)22-12-15-7-4-3-5-8-15/h3-10H,11-14H2,1-2H3,(H,22,23). The van der Waals surface area contributed by atoms with Crippen LogP contribution in [0, 0.1) is 0 Å². The number of hydrogen-bond donors (Lipinski definition) is 1. The molecule has 1 amide bonds. The van der Waals surface area contributed by atoms with Crippen LogP contribution in [0.15, 0.2) is 48.5 Å². The predicted molar refractivity (Wildman–Crippen MR) is 99.6 cm³/mol. The molecule has 0 spiro atoms. The third-order valence-electron chi connectivity index (χ3n) is 4.10. The zero-order valence-electron chi connectivity index (χ0n) is 15.5. The van der Waals surface area contributed by atoms with Crippen molar-refractivity contribution < 1.29 is 23.8 Å². The van der Waals surface area contributed by atoms with Crippen molar-refractivity contribution in [2.75, 3.05) is 13.2 Å². The van der Waals surface area contributed by atoms with E-state index in [4.69, 9.17) is 14.2 Å². The minimum atomic E-state index is -0.611. The molecule has 0 aliphatic carbocycles. The Kier molecular flexibility index (Phi) is 5.64. The zero-order valence-corrected chi connectivity index (χ0v) is 15.5. The van der Waals surface area contributed by atoms with E-state index >= 15 is 0 Å². The smallest absolute Gasteiger partial charge is 0.344 e. The first-order valence-corrected chi connectivity index (χ1v) is 8.83. The Balaban J connectivity index is 1.42. The van der Waals surface area contributed by atoms with E-state index in [9.17, 15) is 9.59 Å². The quantitative estimate of drug-likeness (QED) is 0.760. The van der Waals surface area contributed by atoms with Crippen LogP contribution < -0.4 is 14.8 Å². The summed E-state index contributed by atoms with van der Waals surface area (Å²) in [5.74, 6) is 0.192. The predicted octanol–water partition coefficient (Wildman–Crippen LogP) is 2.64. The lowest BCUT2D eigenvalue weighted by Gasteiger charge is -2.18. The number of para-hydroxylation sites is 1. The fourth-order valence-corrected chi connectivity index (χ4v) is 2.87. The summed E-state index contributed by atoms with van der Waals surface area (Å²) in [6.07, 6.45) is 0.783. The van der Waals surface area contributed by atoms with Crippen molar-refractivity contribution >= 4 is 11.9 Å². The van der Waals surface area contributed by atoms with E-state index < -0.39 is 5.97 Å². The molecule has 6 nitrogen and oxygen atoms in total. The normalized spacial score (nSPS) is 14.0. The molecule has 3 rings (SSSR count). The van der Waals surface area contributed by atoms with E-state index in [1.807, 2.05) is 56.3 Å². The summed E-state index contributed by atoms with van der Waals surface area (Å²) in [5, 5.41) is 2.69. The molecule has 0 bridgehead atoms. The third kappa shape index (κ3) is 5.23. The SMILES string of the molecule is CC1(C)Cc2cccc(OCC(=O)OCC(=O)NCc3ccccc3)c2O1. The van der Waals surface area contributed by atoms with Gasteiger partial charge in [0.25, 0.3) is 5.91 Å². The Morgan fingerprint density at radius 1 is 1.07 bits per heavy atom. The van der Waals surface area contributed by atoms with Gasteiger partial charge >= 0.3 is 5.97 Å². The lowest BCUT2D eigenvalue weighted by Crippen LogP contribution is -2.29. The number of esters is 1. The molecule has 2 aromatic carbocycles. The van der Waals surface area contributed by atoms with Gasteiger partial charge in [0.1, 0.15) is 5.60 Å². The first-order chi connectivity index (χ1) is 12.9. The highest BCUT2D eigenvalue weighted by atomic mass is 16.6. The zero-order chi connectivity index (χ0) is 19.3. The molecule has 0 unspecified atom stereocenters. The van der Waals surface area contributed by atoms with Gasteiger partial charge in [-0.15, -0.1) is 0 Å². The van der Waals surface area contributed by atoms with Crippen LogP contribution in [0.3, 0.4) is 0 Å². The molecular weight excluding hydrogens is 346 g/mol. The van der Waals surface area contributed by atoms with Crippen molar-refractivity contribution in [1.82, 2.24) is 5.32 Å². The summed E-state index contributed by atoms with van der Waals surface area (Å²) in [4.78, 5) is 23.6. The molecule has 1 aliphatic heterocycles. The summed E-state index contributed by atoms with van der Waals surface area (Å²) in [7, 11) is 0. The molecule has 0 saturated carbocycles. The lowest BCUT2D eigenvalue weighted by molar-refractivity contribution is -0.150. The summed E-state index contributed by atoms with van der Waals surface area (Å²) >= 11 is 0. The van der Waals surface area contributed by atoms with Crippen molar-refractivity contribution in [3.8, 4) is 11.5 Å². The molecule has 142 valence electrons. The van der Waals surface area contributed by atoms with Crippen LogP contribution in [0.5, 0.6) is 11.5 Å². The third-order valence-corrected chi connectivity index (χ3v) is 4.10. The number of nitrogens with one attached hydrogen (secondary N) is 1. The van der Waals surface area contributed by atoms with Gasteiger partial charge in [-0.1, -0.05) is 42.5 Å². The van der Waals surface area contributed by atoms with Gasteiger partial charge in [0.2, 0.25) is 0 Å². The minimum absolute atomic E-state index is 0.286. The Labute approximate surface area is 158 Å². The Morgan fingerprint density at radius 2 is 1.85 bits per heavy atom. The van der Waals surface area contributed by atoms with Crippen molar-refractivity contribution in [3.05, 3.63) is 59.7 Å². The number of carbonyl (C=O) groups excluding carboxylic acids is 2. The first kappa shape index (κ1) is 18.8. The number of fused-ring (bicyclic) bond motifs is 1. The molecule has 1 N–H and O–H groups in total. The second-order valence-corrected chi connectivity index (χ2v) is 6.99. The monoisotopic (exact) mass is 369 g/mol. The first-order valence-electron chi connectivity index (χ1n) is 8.83. The maximum atomic E-state index is 11.9. The number of carbonyl (C=O) groups is 2. The maximum absolute atomic E-state index is 11.9. The number of hydrogen-bond acceptors (Lipinski definition) is 5. The second-order valence-electron chi connectivity index (χ2n) is 6.99. The van der Waals surface area contributed by atoms with Gasteiger partial charge in [-0.3, -0.25) is 4.79 Å². The van der Waals surface area contributed by atoms with Gasteiger partial charge in [-0.2, -0.15) is 0 Å². The van der Waals surface area contributed by atoms with Crippen molar-refractivity contribution in [2.45, 2.75) is 32.4 Å². The highest BCUT2D eigenvalue weighted by molar-refractivity contribution is 5.80. The summed E-state index contributed by atoms with van der Waals surface area (Å²) in [6, 6.07) is 15.1. The fraction of sp³-hybridized carbons (Fsp3) is 0.333. The Hall–Kier alpha value is -3.02. The number of benzene rings is 2. The lowest BCUT2D eigenvalue weighted by atomic mass is 10.0. The van der Waals surface area contributed by atoms with Crippen molar-refractivity contribution in [1.29, 1.82) is 0 Å². The summed E-state index contributed by atoms with van der Waals surface area (Å²) in [5.41, 5.74) is 1.73. The van der Waals surface area contributed by atoms with Crippen LogP contribution in [0.1, 0.15) is 25.0 Å². The number of rotatable bonds is 7. The van der Waals surface area contributed by atoms with Gasteiger partial charge in [-0.05, 0) is 25.5 Å². The largest absolute Gasteiger partial charge is 0.483 e. The molecule has 1 aliphatic rings. The van der Waals surface area contributed by atoms with Crippen LogP contribution in [0.2, 0.25) is 0 Å². The molecular formula is C21H23NO5. The molecule has 27 heavy (non-hydrogen) atoms.